The summed E-state index contributed by atoms with van der Waals surface area (Å²) >= 11 is 0. The van der Waals surface area contributed by atoms with Gasteiger partial charge < -0.3 is 9.90 Å². The molecule has 158 valence electrons. The van der Waals surface area contributed by atoms with E-state index in [0.717, 1.165) is 38.8 Å². The summed E-state index contributed by atoms with van der Waals surface area (Å²) in [7, 11) is 0. The first kappa shape index (κ1) is 30.7. The number of carboxylic acid groups (broad SMARTS) is 1. The number of hydrogen-bond acceptors (Lipinski definition) is 3. The molecule has 0 unspecified atom stereocenters. The first-order chi connectivity index (χ1) is 13.2. The number of aliphatic carboxylic acids is 1. The molecule has 0 N–H and O–H groups in total. The van der Waals surface area contributed by atoms with Gasteiger partial charge in [-0.25, -0.2) is 0 Å². The van der Waals surface area contributed by atoms with Crippen LogP contribution >= 0.6 is 0 Å². The third-order valence-corrected chi connectivity index (χ3v) is 4.82. The van der Waals surface area contributed by atoms with Crippen LogP contribution in [0.3, 0.4) is 0 Å². The van der Waals surface area contributed by atoms with Crippen LogP contribution in [0.1, 0.15) is 104 Å². The van der Waals surface area contributed by atoms with E-state index < -0.39 is 5.97 Å². The molecule has 0 aromatic carbocycles. The Morgan fingerprint density at radius 3 is 1.43 bits per heavy atom. The fourth-order valence-electron chi connectivity index (χ4n) is 3.17. The SMILES string of the molecule is CCCCCC/C=C/CCCN(CCC/C=C/CCCCCC)CC(=O)[O-].[K+]. The maximum absolute atomic E-state index is 10.9. The molecule has 0 bridgehead atoms. The zero-order chi connectivity index (χ0) is 20.0. The van der Waals surface area contributed by atoms with Gasteiger partial charge in [0.15, 0.2) is 0 Å². The van der Waals surface area contributed by atoms with Crippen molar-refractivity contribution in [2.24, 2.45) is 0 Å². The molecule has 0 aliphatic carbocycles. The van der Waals surface area contributed by atoms with Crippen molar-refractivity contribution < 1.29 is 61.3 Å². The molecule has 0 radical (unpaired) electrons. The van der Waals surface area contributed by atoms with E-state index in [1.54, 1.807) is 0 Å². The molecule has 0 aromatic rings. The van der Waals surface area contributed by atoms with Gasteiger partial charge in [-0.3, -0.25) is 4.90 Å². The van der Waals surface area contributed by atoms with Crippen LogP contribution in [0.5, 0.6) is 0 Å². The second-order valence-electron chi connectivity index (χ2n) is 7.57. The van der Waals surface area contributed by atoms with Gasteiger partial charge in [-0.2, -0.15) is 0 Å². The van der Waals surface area contributed by atoms with E-state index >= 15 is 0 Å². The van der Waals surface area contributed by atoms with Crippen molar-refractivity contribution in [2.45, 2.75) is 104 Å². The largest absolute Gasteiger partial charge is 1.00 e. The van der Waals surface area contributed by atoms with Gasteiger partial charge in [-0.05, 0) is 64.5 Å². The molecule has 0 aromatic heterocycles. The number of unbranched alkanes of at least 4 members (excludes halogenated alkanes) is 10. The molecule has 0 spiro atoms. The maximum atomic E-state index is 10.9. The molecule has 0 amide bonds. The number of nitrogens with zero attached hydrogens (tertiary/aromatic N) is 1. The number of hydrogen-bond donors (Lipinski definition) is 0. The van der Waals surface area contributed by atoms with Crippen LogP contribution in [-0.4, -0.2) is 30.5 Å². The number of carboxylic acids is 1. The number of carbonyl (C=O) groups excluding carboxylic acids is 1. The van der Waals surface area contributed by atoms with Crippen molar-refractivity contribution in [1.29, 1.82) is 0 Å². The van der Waals surface area contributed by atoms with Gasteiger partial charge in [-0.15, -0.1) is 0 Å². The second-order valence-corrected chi connectivity index (χ2v) is 7.57. The quantitative estimate of drug-likeness (QED) is 0.174. The zero-order valence-electron chi connectivity index (χ0n) is 19.1. The van der Waals surface area contributed by atoms with Gasteiger partial charge in [0.2, 0.25) is 0 Å². The third-order valence-electron chi connectivity index (χ3n) is 4.82. The second kappa shape index (κ2) is 25.6. The molecular formula is C24H44KNO2. The van der Waals surface area contributed by atoms with Crippen LogP contribution in [0, 0.1) is 0 Å². The molecule has 0 heterocycles. The predicted molar refractivity (Wildman–Crippen MR) is 116 cm³/mol. The molecule has 0 rings (SSSR count). The summed E-state index contributed by atoms with van der Waals surface area (Å²) in [5, 5.41) is 10.9. The smallest absolute Gasteiger partial charge is 0.549 e. The molecule has 4 heteroatoms. The van der Waals surface area contributed by atoms with E-state index in [1.165, 1.54) is 64.2 Å². The van der Waals surface area contributed by atoms with Crippen LogP contribution < -0.4 is 56.5 Å². The van der Waals surface area contributed by atoms with Crippen molar-refractivity contribution >= 4 is 5.97 Å². The molecule has 28 heavy (non-hydrogen) atoms. The Labute approximate surface area is 217 Å². The van der Waals surface area contributed by atoms with Gasteiger partial charge in [0, 0.05) is 6.54 Å². The molecule has 0 aliphatic rings. The molecule has 0 aliphatic heterocycles. The van der Waals surface area contributed by atoms with Crippen LogP contribution in [0.25, 0.3) is 0 Å². The first-order valence-electron chi connectivity index (χ1n) is 11.4. The average Bonchev–Trinajstić information content (AvgIpc) is 2.64. The van der Waals surface area contributed by atoms with E-state index in [4.69, 9.17) is 0 Å². The van der Waals surface area contributed by atoms with Gasteiger partial charge in [-0.1, -0.05) is 76.7 Å². The van der Waals surface area contributed by atoms with Crippen molar-refractivity contribution in [3.8, 4) is 0 Å². The van der Waals surface area contributed by atoms with Crippen molar-refractivity contribution in [3.63, 3.8) is 0 Å². The summed E-state index contributed by atoms with van der Waals surface area (Å²) in [6.07, 6.45) is 26.0. The summed E-state index contributed by atoms with van der Waals surface area (Å²) in [5.41, 5.74) is 0. The van der Waals surface area contributed by atoms with Crippen LogP contribution in [-0.2, 0) is 4.79 Å². The molecule has 0 fully saturated rings. The van der Waals surface area contributed by atoms with E-state index in [-0.39, 0.29) is 57.9 Å². The monoisotopic (exact) mass is 417 g/mol. The molecule has 3 nitrogen and oxygen atoms in total. The standard InChI is InChI=1S/C24H45NO2.K/c1-3-5-7-9-11-13-15-17-19-21-25(23-24(26)27)22-20-18-16-14-12-10-8-6-4-2;/h13-16H,3-12,17-23H2,1-2H3,(H,26,27);/q;+1/p-1/b15-13+,16-14+;. The molecule has 0 saturated heterocycles. The number of carbonyl (C=O) groups is 1. The maximum Gasteiger partial charge on any atom is 1.00 e. The third kappa shape index (κ3) is 24.6. The van der Waals surface area contributed by atoms with E-state index in [9.17, 15) is 9.90 Å². The van der Waals surface area contributed by atoms with Crippen LogP contribution in [0.15, 0.2) is 24.3 Å². The van der Waals surface area contributed by atoms with Crippen molar-refractivity contribution in [1.82, 2.24) is 4.90 Å². The Bertz CT molecular complexity index is 355. The molecule has 0 saturated carbocycles. The summed E-state index contributed by atoms with van der Waals surface area (Å²) in [6.45, 7) is 6.21. The van der Waals surface area contributed by atoms with E-state index in [0.29, 0.717) is 0 Å². The Kier molecular flexibility index (Phi) is 28.1. The normalized spacial score (nSPS) is 11.5. The fourth-order valence-corrected chi connectivity index (χ4v) is 3.17. The van der Waals surface area contributed by atoms with Gasteiger partial charge in [0.1, 0.15) is 0 Å². The van der Waals surface area contributed by atoms with Gasteiger partial charge >= 0.3 is 51.4 Å². The average molecular weight is 418 g/mol. The van der Waals surface area contributed by atoms with Gasteiger partial charge in [0.05, 0.1) is 5.97 Å². The minimum absolute atomic E-state index is 0. The minimum atomic E-state index is -0.965. The number of rotatable bonds is 20. The van der Waals surface area contributed by atoms with Gasteiger partial charge in [0.25, 0.3) is 0 Å². The topological polar surface area (TPSA) is 43.4 Å². The fraction of sp³-hybridized carbons (Fsp3) is 0.792. The Morgan fingerprint density at radius 1 is 0.679 bits per heavy atom. The Morgan fingerprint density at radius 2 is 1.07 bits per heavy atom. The molecular weight excluding hydrogens is 373 g/mol. The summed E-state index contributed by atoms with van der Waals surface area (Å²) < 4.78 is 0. The van der Waals surface area contributed by atoms with E-state index in [1.807, 2.05) is 4.90 Å². The summed E-state index contributed by atoms with van der Waals surface area (Å²) in [4.78, 5) is 13.0. The Hall–Kier alpha value is 0.546. The number of allylic oxidation sites excluding steroid dienone is 4. The Balaban J connectivity index is 0. The van der Waals surface area contributed by atoms with Crippen LogP contribution in [0.4, 0.5) is 0 Å². The first-order valence-corrected chi connectivity index (χ1v) is 11.4. The minimum Gasteiger partial charge on any atom is -0.549 e. The van der Waals surface area contributed by atoms with E-state index in [2.05, 4.69) is 38.2 Å². The molecule has 0 atom stereocenters. The van der Waals surface area contributed by atoms with Crippen molar-refractivity contribution in [3.05, 3.63) is 24.3 Å². The zero-order valence-corrected chi connectivity index (χ0v) is 22.2. The van der Waals surface area contributed by atoms with Crippen molar-refractivity contribution in [2.75, 3.05) is 19.6 Å². The summed E-state index contributed by atoms with van der Waals surface area (Å²) in [6, 6.07) is 0. The van der Waals surface area contributed by atoms with Crippen LogP contribution in [0.2, 0.25) is 0 Å². The predicted octanol–water partition coefficient (Wildman–Crippen LogP) is 2.66. The summed E-state index contributed by atoms with van der Waals surface area (Å²) in [5.74, 6) is -0.965.